The fourth-order valence-corrected chi connectivity index (χ4v) is 6.57. The molecule has 0 aromatic rings. The van der Waals surface area contributed by atoms with E-state index in [0.29, 0.717) is 31.8 Å². The Hall–Kier alpha value is -1.47. The van der Waals surface area contributed by atoms with Crippen LogP contribution in [0.1, 0.15) is 32.6 Å². The van der Waals surface area contributed by atoms with Crippen molar-refractivity contribution in [2.24, 2.45) is 23.1 Å². The molecule has 1 aliphatic carbocycles. The van der Waals surface area contributed by atoms with Gasteiger partial charge in [0.2, 0.25) is 0 Å². The van der Waals surface area contributed by atoms with Crippen LogP contribution in [0.25, 0.3) is 0 Å². The lowest BCUT2D eigenvalue weighted by Crippen LogP contribution is -2.70. The molecular formula is C27H51N7O8. The Labute approximate surface area is 246 Å². The Morgan fingerprint density at radius 3 is 2.67 bits per heavy atom. The second-order valence-electron chi connectivity index (χ2n) is 12.4. The third kappa shape index (κ3) is 7.25. The van der Waals surface area contributed by atoms with E-state index in [0.717, 1.165) is 13.0 Å². The topological polar surface area (TPSA) is 252 Å². The second kappa shape index (κ2) is 14.1. The first-order valence-corrected chi connectivity index (χ1v) is 15.0. The van der Waals surface area contributed by atoms with Crippen LogP contribution in [0.4, 0.5) is 0 Å². The summed E-state index contributed by atoms with van der Waals surface area (Å²) in [6.45, 7) is 3.74. The summed E-state index contributed by atoms with van der Waals surface area (Å²) in [5, 5.41) is 56.4. The molecule has 15 heteroatoms. The minimum absolute atomic E-state index is 0.0941. The fourth-order valence-electron chi connectivity index (χ4n) is 6.57. The third-order valence-corrected chi connectivity index (χ3v) is 9.02. The number of hydrogen-bond donors (Lipinski definition) is 11. The van der Waals surface area contributed by atoms with Crippen molar-refractivity contribution in [3.8, 4) is 0 Å². The molecule has 12 atom stereocenters. The Morgan fingerprint density at radius 2 is 2.00 bits per heavy atom. The number of hydrogen-bond acceptors (Lipinski definition) is 14. The number of nitrogens with one attached hydrogen (secondary N) is 4. The summed E-state index contributed by atoms with van der Waals surface area (Å²) >= 11 is 0. The minimum atomic E-state index is -1.61. The lowest BCUT2D eigenvalue weighted by atomic mass is 9.72. The summed E-state index contributed by atoms with van der Waals surface area (Å²) < 4.78 is 18.2. The predicted molar refractivity (Wildman–Crippen MR) is 153 cm³/mol. The van der Waals surface area contributed by atoms with Crippen LogP contribution in [0.15, 0.2) is 11.8 Å². The van der Waals surface area contributed by atoms with E-state index in [9.17, 15) is 25.2 Å². The van der Waals surface area contributed by atoms with Crippen molar-refractivity contribution in [3.05, 3.63) is 11.8 Å². The van der Waals surface area contributed by atoms with Crippen LogP contribution in [0.2, 0.25) is 0 Å². The monoisotopic (exact) mass is 601 g/mol. The molecule has 42 heavy (non-hydrogen) atoms. The van der Waals surface area contributed by atoms with Crippen molar-refractivity contribution in [1.29, 1.82) is 0 Å². The van der Waals surface area contributed by atoms with Gasteiger partial charge in [-0.25, -0.2) is 0 Å². The van der Waals surface area contributed by atoms with Crippen LogP contribution in [-0.4, -0.2) is 139 Å². The van der Waals surface area contributed by atoms with E-state index in [1.54, 1.807) is 7.05 Å². The van der Waals surface area contributed by atoms with Gasteiger partial charge in [-0.05, 0) is 65.4 Å². The number of likely N-dealkylation sites (N-methyl/N-ethyl adjacent to an activating group) is 1. The molecule has 2 unspecified atom stereocenters. The number of ether oxygens (including phenoxy) is 3. The molecule has 0 aromatic heterocycles. The fraction of sp³-hybridized carbons (Fsp3) is 0.889. The molecule has 0 bridgehead atoms. The van der Waals surface area contributed by atoms with Gasteiger partial charge in [-0.2, -0.15) is 0 Å². The van der Waals surface area contributed by atoms with Gasteiger partial charge in [0.25, 0.3) is 5.91 Å². The van der Waals surface area contributed by atoms with Gasteiger partial charge in [0.1, 0.15) is 29.7 Å². The van der Waals surface area contributed by atoms with Gasteiger partial charge < -0.3 is 73.1 Å². The zero-order valence-corrected chi connectivity index (χ0v) is 24.6. The second-order valence-corrected chi connectivity index (χ2v) is 12.4. The van der Waals surface area contributed by atoms with E-state index in [-0.39, 0.29) is 26.0 Å². The van der Waals surface area contributed by atoms with E-state index < -0.39 is 77.9 Å². The average molecular weight is 602 g/mol. The number of carbonyl (C=O) groups is 1. The molecule has 0 aromatic carbocycles. The maximum Gasteiger partial charge on any atom is 0.253 e. The summed E-state index contributed by atoms with van der Waals surface area (Å²) in [6.07, 6.45) is -1.93. The highest BCUT2D eigenvalue weighted by Gasteiger charge is 2.54. The summed E-state index contributed by atoms with van der Waals surface area (Å²) in [4.78, 5) is 13.2. The molecule has 1 saturated carbocycles. The highest BCUT2D eigenvalue weighted by atomic mass is 16.7. The van der Waals surface area contributed by atoms with E-state index in [1.165, 1.54) is 6.92 Å². The molecular weight excluding hydrogens is 550 g/mol. The number of rotatable bonds is 11. The largest absolute Gasteiger partial charge is 0.492 e. The van der Waals surface area contributed by atoms with E-state index in [1.807, 2.05) is 6.08 Å². The summed E-state index contributed by atoms with van der Waals surface area (Å²) in [7, 11) is 1.60. The van der Waals surface area contributed by atoms with Gasteiger partial charge in [0.05, 0.1) is 31.3 Å². The lowest BCUT2D eigenvalue weighted by molar-refractivity contribution is -0.297. The Bertz CT molecular complexity index is 936. The minimum Gasteiger partial charge on any atom is -0.492 e. The third-order valence-electron chi connectivity index (χ3n) is 9.02. The van der Waals surface area contributed by atoms with Crippen molar-refractivity contribution >= 4 is 5.91 Å². The SMILES string of the molecule is CN[C@@H]1[C@@H](O)[C@@H](O[C@H]2[C@H](NC(=O)C3(O)CCNC3)C[C@H](N)C([C@H]3OC(CNCCCN)=CC[C@H]3N)[C@@H]2O)OC[C@]1(C)O. The molecule has 3 aliphatic heterocycles. The van der Waals surface area contributed by atoms with Crippen molar-refractivity contribution in [2.45, 2.75) is 98.7 Å². The van der Waals surface area contributed by atoms with Gasteiger partial charge in [-0.1, -0.05) is 0 Å². The number of carbonyl (C=O) groups excluding carboxylic acids is 1. The Morgan fingerprint density at radius 1 is 1.24 bits per heavy atom. The molecule has 2 saturated heterocycles. The zero-order chi connectivity index (χ0) is 30.7. The van der Waals surface area contributed by atoms with Gasteiger partial charge in [0, 0.05) is 24.5 Å². The van der Waals surface area contributed by atoms with Crippen molar-refractivity contribution in [3.63, 3.8) is 0 Å². The van der Waals surface area contributed by atoms with Gasteiger partial charge in [-0.3, -0.25) is 4.79 Å². The van der Waals surface area contributed by atoms with E-state index in [2.05, 4.69) is 21.3 Å². The molecule has 4 rings (SSSR count). The smallest absolute Gasteiger partial charge is 0.253 e. The average Bonchev–Trinajstić information content (AvgIpc) is 3.39. The van der Waals surface area contributed by atoms with Gasteiger partial charge >= 0.3 is 0 Å². The van der Waals surface area contributed by atoms with Crippen molar-refractivity contribution in [2.75, 3.05) is 46.4 Å². The van der Waals surface area contributed by atoms with Crippen LogP contribution in [-0.2, 0) is 19.0 Å². The molecule has 14 N–H and O–H groups in total. The lowest BCUT2D eigenvalue weighted by Gasteiger charge is -2.50. The maximum atomic E-state index is 13.2. The molecule has 3 fully saturated rings. The first kappa shape index (κ1) is 33.4. The summed E-state index contributed by atoms with van der Waals surface area (Å²) in [5.41, 5.74) is 15.7. The molecule has 0 spiro atoms. The highest BCUT2D eigenvalue weighted by molar-refractivity contribution is 5.86. The highest BCUT2D eigenvalue weighted by Crippen LogP contribution is 2.36. The Balaban J connectivity index is 1.55. The van der Waals surface area contributed by atoms with E-state index in [4.69, 9.17) is 31.4 Å². The Kier molecular flexibility index (Phi) is 11.2. The van der Waals surface area contributed by atoms with Crippen LogP contribution in [0.3, 0.4) is 0 Å². The van der Waals surface area contributed by atoms with Crippen LogP contribution in [0.5, 0.6) is 0 Å². The number of nitrogens with two attached hydrogens (primary N) is 3. The summed E-state index contributed by atoms with van der Waals surface area (Å²) in [5.74, 6) is -0.609. The predicted octanol–water partition coefficient (Wildman–Crippen LogP) is -4.72. The normalized spacial score (nSPS) is 44.4. The molecule has 242 valence electrons. The van der Waals surface area contributed by atoms with Crippen molar-refractivity contribution in [1.82, 2.24) is 21.3 Å². The first-order valence-electron chi connectivity index (χ1n) is 15.0. The molecule has 3 heterocycles. The van der Waals surface area contributed by atoms with Crippen LogP contribution >= 0.6 is 0 Å². The number of aliphatic hydroxyl groups is 4. The maximum absolute atomic E-state index is 13.2. The van der Waals surface area contributed by atoms with Gasteiger partial charge in [0.15, 0.2) is 11.9 Å². The molecule has 1 amide bonds. The van der Waals surface area contributed by atoms with Gasteiger partial charge in [-0.15, -0.1) is 0 Å². The zero-order valence-electron chi connectivity index (χ0n) is 24.6. The molecule has 0 radical (unpaired) electrons. The molecule has 15 nitrogen and oxygen atoms in total. The first-order chi connectivity index (χ1) is 19.9. The van der Waals surface area contributed by atoms with Crippen LogP contribution < -0.4 is 38.5 Å². The van der Waals surface area contributed by atoms with Crippen molar-refractivity contribution < 1.29 is 39.4 Å². The number of amides is 1. The molecule has 4 aliphatic rings. The van der Waals surface area contributed by atoms with Crippen LogP contribution in [0, 0.1) is 5.92 Å². The van der Waals surface area contributed by atoms with E-state index >= 15 is 0 Å². The quantitative estimate of drug-likeness (QED) is 0.0996. The number of β-amino-alcohol motifs (C(OH)–C–C–N with tert-alkyl or cyclic N) is 1. The standard InChI is InChI=1S/C27H51N7O8/c1-26(38)13-40-24(20(36)23(26)31-2)42-22-17(34-25(37)27(39)6-9-33-12-27)10-16(30)18(19(22)35)21-15(29)5-4-14(41-21)11-32-8-3-7-28/h4,15-24,31-33,35-36,38-39H,3,5-13,28-30H2,1-2H3,(H,34,37)/t15-,16+,17-,18?,19+,20-,21+,22+,23-,24-,26+,27?/m1/s1. The number of aliphatic hydroxyl groups excluding tert-OH is 2. The summed E-state index contributed by atoms with van der Waals surface area (Å²) in [6, 6.07) is -2.73.